The van der Waals surface area contributed by atoms with Crippen LogP contribution < -0.4 is 0 Å². The minimum atomic E-state index is 0.228. The molecule has 2 aliphatic rings. The first-order valence-electron chi connectivity index (χ1n) is 7.18. The van der Waals surface area contributed by atoms with E-state index in [1.54, 1.807) is 0 Å². The largest absolute Gasteiger partial charge is 0.338 e. The molecule has 0 atom stereocenters. The fourth-order valence-corrected chi connectivity index (χ4v) is 3.34. The summed E-state index contributed by atoms with van der Waals surface area (Å²) in [6, 6.07) is 8.52. The van der Waals surface area contributed by atoms with Gasteiger partial charge >= 0.3 is 0 Å². The molecule has 0 unspecified atom stereocenters. The lowest BCUT2D eigenvalue weighted by molar-refractivity contribution is -0.132. The number of carbonyl (C=O) groups is 1. The summed E-state index contributed by atoms with van der Waals surface area (Å²) in [5.41, 5.74) is 2.96. The molecule has 1 amide bonds. The predicted octanol–water partition coefficient (Wildman–Crippen LogP) is 3.06. The highest BCUT2D eigenvalue weighted by Crippen LogP contribution is 2.49. The highest BCUT2D eigenvalue weighted by molar-refractivity contribution is 7.80. The number of fused-ring (bicyclic) bond motifs is 1. The van der Waals surface area contributed by atoms with Crippen LogP contribution >= 0.6 is 12.6 Å². The van der Waals surface area contributed by atoms with E-state index in [4.69, 9.17) is 0 Å². The Kier molecular flexibility index (Phi) is 3.57. The lowest BCUT2D eigenvalue weighted by Gasteiger charge is -2.23. The molecule has 0 bridgehead atoms. The summed E-state index contributed by atoms with van der Waals surface area (Å²) in [5.74, 6) is 1.17. The number of rotatable bonds is 3. The summed E-state index contributed by atoms with van der Waals surface area (Å²) in [7, 11) is 0. The van der Waals surface area contributed by atoms with Crippen molar-refractivity contribution >= 4 is 18.5 Å². The Morgan fingerprint density at radius 1 is 1.26 bits per heavy atom. The van der Waals surface area contributed by atoms with Gasteiger partial charge in [0.05, 0.1) is 0 Å². The van der Waals surface area contributed by atoms with Crippen LogP contribution in [0.25, 0.3) is 0 Å². The zero-order valence-corrected chi connectivity index (χ0v) is 12.2. The third kappa shape index (κ3) is 2.81. The van der Waals surface area contributed by atoms with Crippen molar-refractivity contribution in [2.24, 2.45) is 5.41 Å². The molecule has 0 aromatic heterocycles. The van der Waals surface area contributed by atoms with Crippen LogP contribution in [-0.2, 0) is 17.8 Å². The topological polar surface area (TPSA) is 20.3 Å². The van der Waals surface area contributed by atoms with Gasteiger partial charge < -0.3 is 4.90 Å². The van der Waals surface area contributed by atoms with Gasteiger partial charge in [-0.25, -0.2) is 0 Å². The molecule has 102 valence electrons. The van der Waals surface area contributed by atoms with Crippen LogP contribution in [0.15, 0.2) is 24.3 Å². The van der Waals surface area contributed by atoms with Crippen molar-refractivity contribution < 1.29 is 4.79 Å². The molecule has 1 fully saturated rings. The van der Waals surface area contributed by atoms with Crippen molar-refractivity contribution in [3.8, 4) is 0 Å². The standard InChI is InChI=1S/C16H21NOS/c18-15(10-16(12-19)7-8-16)17-9-3-6-13-4-1-2-5-14(13)11-17/h1-2,4-5,19H,3,6-12H2. The molecule has 3 heteroatoms. The second kappa shape index (κ2) is 5.20. The number of benzene rings is 1. The molecule has 3 rings (SSSR count). The van der Waals surface area contributed by atoms with Crippen molar-refractivity contribution in [1.29, 1.82) is 0 Å². The SMILES string of the molecule is O=C(CC1(CS)CC1)N1CCCc2ccccc2C1. The van der Waals surface area contributed by atoms with Gasteiger partial charge in [0, 0.05) is 19.5 Å². The summed E-state index contributed by atoms with van der Waals surface area (Å²) < 4.78 is 0. The van der Waals surface area contributed by atoms with Crippen LogP contribution in [0.5, 0.6) is 0 Å². The maximum atomic E-state index is 12.5. The van der Waals surface area contributed by atoms with E-state index >= 15 is 0 Å². The molecular weight excluding hydrogens is 254 g/mol. The van der Waals surface area contributed by atoms with E-state index in [1.165, 1.54) is 24.0 Å². The van der Waals surface area contributed by atoms with E-state index < -0.39 is 0 Å². The van der Waals surface area contributed by atoms with Gasteiger partial charge in [0.1, 0.15) is 0 Å². The molecule has 1 aliphatic carbocycles. The average molecular weight is 275 g/mol. The third-order valence-corrected chi connectivity index (χ3v) is 5.20. The molecule has 0 radical (unpaired) electrons. The van der Waals surface area contributed by atoms with Gasteiger partial charge in [0.15, 0.2) is 0 Å². The summed E-state index contributed by atoms with van der Waals surface area (Å²) in [5, 5.41) is 0. The maximum absolute atomic E-state index is 12.5. The van der Waals surface area contributed by atoms with Crippen LogP contribution in [0.3, 0.4) is 0 Å². The lowest BCUT2D eigenvalue weighted by Crippen LogP contribution is -2.32. The molecule has 1 aromatic rings. The first-order chi connectivity index (χ1) is 9.22. The van der Waals surface area contributed by atoms with Gasteiger partial charge in [-0.05, 0) is 48.0 Å². The first-order valence-corrected chi connectivity index (χ1v) is 7.81. The number of thiol groups is 1. The number of carbonyl (C=O) groups excluding carboxylic acids is 1. The smallest absolute Gasteiger partial charge is 0.223 e. The quantitative estimate of drug-likeness (QED) is 0.841. The molecule has 0 spiro atoms. The van der Waals surface area contributed by atoms with Crippen molar-refractivity contribution in [3.63, 3.8) is 0 Å². The average Bonchev–Trinajstić information content (AvgIpc) is 3.21. The maximum Gasteiger partial charge on any atom is 0.223 e. The van der Waals surface area contributed by atoms with Crippen molar-refractivity contribution in [2.45, 2.75) is 38.6 Å². The fourth-order valence-electron chi connectivity index (χ4n) is 2.91. The fraction of sp³-hybridized carbons (Fsp3) is 0.562. The van der Waals surface area contributed by atoms with Crippen molar-refractivity contribution in [1.82, 2.24) is 4.90 Å². The molecule has 1 aromatic carbocycles. The molecule has 2 nitrogen and oxygen atoms in total. The van der Waals surface area contributed by atoms with Gasteiger partial charge in [0.25, 0.3) is 0 Å². The van der Waals surface area contributed by atoms with E-state index in [0.717, 1.165) is 31.7 Å². The van der Waals surface area contributed by atoms with Crippen LogP contribution in [-0.4, -0.2) is 23.1 Å². The van der Waals surface area contributed by atoms with Gasteiger partial charge in [0.2, 0.25) is 5.91 Å². The van der Waals surface area contributed by atoms with Crippen LogP contribution in [0.1, 0.15) is 36.8 Å². The number of hydrogen-bond donors (Lipinski definition) is 1. The van der Waals surface area contributed by atoms with Gasteiger partial charge in [-0.15, -0.1) is 0 Å². The number of hydrogen-bond acceptors (Lipinski definition) is 2. The Balaban J connectivity index is 1.70. The summed E-state index contributed by atoms with van der Waals surface area (Å²) in [6.07, 6.45) is 5.21. The third-order valence-electron chi connectivity index (χ3n) is 4.53. The molecule has 1 saturated carbocycles. The molecule has 1 aliphatic heterocycles. The second-order valence-corrected chi connectivity index (χ2v) is 6.34. The molecule has 1 heterocycles. The van der Waals surface area contributed by atoms with Crippen molar-refractivity contribution in [3.05, 3.63) is 35.4 Å². The number of amides is 1. The Bertz CT molecular complexity index is 481. The van der Waals surface area contributed by atoms with Crippen LogP contribution in [0.4, 0.5) is 0 Å². The first kappa shape index (κ1) is 13.0. The lowest BCUT2D eigenvalue weighted by atomic mass is 10.0. The minimum Gasteiger partial charge on any atom is -0.338 e. The Morgan fingerprint density at radius 3 is 2.68 bits per heavy atom. The van der Waals surface area contributed by atoms with Crippen LogP contribution in [0, 0.1) is 5.41 Å². The van der Waals surface area contributed by atoms with Gasteiger partial charge in [-0.2, -0.15) is 12.6 Å². The highest BCUT2D eigenvalue weighted by Gasteiger charge is 2.43. The van der Waals surface area contributed by atoms with Gasteiger partial charge in [-0.1, -0.05) is 24.3 Å². The highest BCUT2D eigenvalue weighted by atomic mass is 32.1. The van der Waals surface area contributed by atoms with E-state index in [1.807, 2.05) is 0 Å². The summed E-state index contributed by atoms with van der Waals surface area (Å²) >= 11 is 4.40. The Morgan fingerprint density at radius 2 is 2.00 bits per heavy atom. The number of nitrogens with zero attached hydrogens (tertiary/aromatic N) is 1. The second-order valence-electron chi connectivity index (χ2n) is 6.02. The molecule has 19 heavy (non-hydrogen) atoms. The zero-order chi connectivity index (χ0) is 13.3. The monoisotopic (exact) mass is 275 g/mol. The molecule has 0 saturated heterocycles. The Labute approximate surface area is 120 Å². The van der Waals surface area contributed by atoms with Crippen LogP contribution in [0.2, 0.25) is 0 Å². The molecular formula is C16H21NOS. The normalized spacial score (nSPS) is 20.6. The van der Waals surface area contributed by atoms with E-state index in [0.29, 0.717) is 12.3 Å². The summed E-state index contributed by atoms with van der Waals surface area (Å²) in [4.78, 5) is 14.5. The van der Waals surface area contributed by atoms with E-state index in [2.05, 4.69) is 41.8 Å². The number of aryl methyl sites for hydroxylation is 1. The van der Waals surface area contributed by atoms with E-state index in [9.17, 15) is 4.79 Å². The summed E-state index contributed by atoms with van der Waals surface area (Å²) in [6.45, 7) is 1.69. The predicted molar refractivity (Wildman–Crippen MR) is 80.3 cm³/mol. The van der Waals surface area contributed by atoms with E-state index in [-0.39, 0.29) is 5.41 Å². The minimum absolute atomic E-state index is 0.228. The molecule has 0 N–H and O–H groups in total. The Hall–Kier alpha value is -0.960. The van der Waals surface area contributed by atoms with Gasteiger partial charge in [-0.3, -0.25) is 4.79 Å². The van der Waals surface area contributed by atoms with Crippen molar-refractivity contribution in [2.75, 3.05) is 12.3 Å². The zero-order valence-electron chi connectivity index (χ0n) is 11.3.